The second kappa shape index (κ2) is 5.69. The molecule has 0 spiro atoms. The number of carbonyl (C=O) groups excluding carboxylic acids is 1. The van der Waals surface area contributed by atoms with E-state index in [1.54, 1.807) is 23.1 Å². The molecule has 1 heterocycles. The summed E-state index contributed by atoms with van der Waals surface area (Å²) in [6, 6.07) is 6.28. The molecule has 0 aromatic heterocycles. The van der Waals surface area contributed by atoms with E-state index >= 15 is 0 Å². The van der Waals surface area contributed by atoms with Crippen LogP contribution in [0.3, 0.4) is 0 Å². The number of para-hydroxylation sites is 1. The van der Waals surface area contributed by atoms with Crippen LogP contribution in [0.15, 0.2) is 24.3 Å². The van der Waals surface area contributed by atoms with Gasteiger partial charge in [0.1, 0.15) is 11.7 Å². The maximum absolute atomic E-state index is 13.5. The van der Waals surface area contributed by atoms with E-state index in [9.17, 15) is 9.18 Å². The molecule has 0 saturated carbocycles. The van der Waals surface area contributed by atoms with Crippen molar-refractivity contribution < 1.29 is 18.7 Å². The Bertz CT molecular complexity index is 484. The van der Waals surface area contributed by atoms with Crippen molar-refractivity contribution in [2.24, 2.45) is 0 Å². The second-order valence-corrected chi connectivity index (χ2v) is 5.89. The first-order valence-corrected chi connectivity index (χ1v) is 6.74. The van der Waals surface area contributed by atoms with Crippen molar-refractivity contribution in [3.63, 3.8) is 0 Å². The number of carbonyl (C=O) groups is 1. The Kier molecular flexibility index (Phi) is 4.16. The van der Waals surface area contributed by atoms with Gasteiger partial charge in [-0.2, -0.15) is 0 Å². The van der Waals surface area contributed by atoms with E-state index in [4.69, 9.17) is 9.47 Å². The highest BCUT2D eigenvalue weighted by Gasteiger charge is 2.31. The lowest BCUT2D eigenvalue weighted by molar-refractivity contribution is 0.0275. The molecule has 0 radical (unpaired) electrons. The number of amides is 1. The van der Waals surface area contributed by atoms with Gasteiger partial charge >= 0.3 is 6.09 Å². The predicted molar refractivity (Wildman–Crippen MR) is 73.2 cm³/mol. The normalized spacial score (nSPS) is 19.0. The van der Waals surface area contributed by atoms with Crippen molar-refractivity contribution in [1.82, 2.24) is 4.90 Å². The Morgan fingerprint density at radius 3 is 2.70 bits per heavy atom. The first-order chi connectivity index (χ1) is 9.35. The first kappa shape index (κ1) is 14.6. The minimum atomic E-state index is -0.512. The lowest BCUT2D eigenvalue weighted by Gasteiger charge is -2.24. The van der Waals surface area contributed by atoms with Crippen LogP contribution in [0, 0.1) is 5.82 Å². The zero-order valence-electron chi connectivity index (χ0n) is 12.1. The lowest BCUT2D eigenvalue weighted by Crippen LogP contribution is -2.36. The molecule has 0 aliphatic carbocycles. The van der Waals surface area contributed by atoms with Crippen molar-refractivity contribution in [2.45, 2.75) is 38.9 Å². The summed E-state index contributed by atoms with van der Waals surface area (Å²) in [6.45, 7) is 6.47. The number of benzene rings is 1. The van der Waals surface area contributed by atoms with Crippen LogP contribution in [-0.2, 0) is 4.74 Å². The third-order valence-corrected chi connectivity index (χ3v) is 2.93. The zero-order chi connectivity index (χ0) is 14.8. The second-order valence-electron chi connectivity index (χ2n) is 5.89. The van der Waals surface area contributed by atoms with Crippen LogP contribution in [0.5, 0.6) is 5.75 Å². The topological polar surface area (TPSA) is 38.8 Å². The molecule has 1 atom stereocenters. The summed E-state index contributed by atoms with van der Waals surface area (Å²) in [5.74, 6) is -0.160. The minimum Gasteiger partial charge on any atom is -0.485 e. The molecule has 1 aliphatic heterocycles. The zero-order valence-corrected chi connectivity index (χ0v) is 12.1. The van der Waals surface area contributed by atoms with Crippen LogP contribution in [-0.4, -0.2) is 35.8 Å². The predicted octanol–water partition coefficient (Wildman–Crippen LogP) is 3.21. The number of nitrogens with zero attached hydrogens (tertiary/aromatic N) is 1. The van der Waals surface area contributed by atoms with Gasteiger partial charge in [0, 0.05) is 13.0 Å². The van der Waals surface area contributed by atoms with Gasteiger partial charge in [-0.25, -0.2) is 9.18 Å². The molecular weight excluding hydrogens is 261 g/mol. The molecule has 20 heavy (non-hydrogen) atoms. The summed E-state index contributed by atoms with van der Waals surface area (Å²) in [4.78, 5) is 13.5. The number of hydrogen-bond acceptors (Lipinski definition) is 3. The van der Waals surface area contributed by atoms with Crippen molar-refractivity contribution >= 4 is 6.09 Å². The first-order valence-electron chi connectivity index (χ1n) is 6.74. The van der Waals surface area contributed by atoms with Gasteiger partial charge in [-0.05, 0) is 32.9 Å². The fourth-order valence-electron chi connectivity index (χ4n) is 2.04. The number of rotatable bonds is 2. The monoisotopic (exact) mass is 281 g/mol. The molecule has 2 rings (SSSR count). The average Bonchev–Trinajstić information content (AvgIpc) is 2.79. The number of likely N-dealkylation sites (tertiary alicyclic amines) is 1. The van der Waals surface area contributed by atoms with Gasteiger partial charge in [0.05, 0.1) is 6.54 Å². The van der Waals surface area contributed by atoms with Gasteiger partial charge in [-0.15, -0.1) is 0 Å². The number of halogens is 1. The quantitative estimate of drug-likeness (QED) is 0.835. The largest absolute Gasteiger partial charge is 0.485 e. The molecule has 0 N–H and O–H groups in total. The number of hydrogen-bond donors (Lipinski definition) is 0. The molecule has 1 saturated heterocycles. The smallest absolute Gasteiger partial charge is 0.410 e. The summed E-state index contributed by atoms with van der Waals surface area (Å²) in [6.07, 6.45) is 0.129. The van der Waals surface area contributed by atoms with Crippen molar-refractivity contribution in [1.29, 1.82) is 0 Å². The Morgan fingerprint density at radius 2 is 2.05 bits per heavy atom. The Labute approximate surface area is 118 Å². The van der Waals surface area contributed by atoms with Crippen molar-refractivity contribution in [3.8, 4) is 5.75 Å². The van der Waals surface area contributed by atoms with E-state index < -0.39 is 5.60 Å². The summed E-state index contributed by atoms with van der Waals surface area (Å²) in [7, 11) is 0. The Hall–Kier alpha value is -1.78. The molecule has 1 aromatic rings. The van der Waals surface area contributed by atoms with E-state index in [-0.39, 0.29) is 23.8 Å². The Balaban J connectivity index is 1.90. The fraction of sp³-hybridized carbons (Fsp3) is 0.533. The summed E-state index contributed by atoms with van der Waals surface area (Å²) in [5.41, 5.74) is -0.512. The highest BCUT2D eigenvalue weighted by Crippen LogP contribution is 2.22. The van der Waals surface area contributed by atoms with E-state index in [0.29, 0.717) is 19.5 Å². The van der Waals surface area contributed by atoms with E-state index in [1.165, 1.54) is 6.07 Å². The molecular formula is C15H20FNO3. The fourth-order valence-corrected chi connectivity index (χ4v) is 2.04. The van der Waals surface area contributed by atoms with Crippen LogP contribution in [0.25, 0.3) is 0 Å². The third kappa shape index (κ3) is 3.85. The molecule has 1 aliphatic rings. The summed E-state index contributed by atoms with van der Waals surface area (Å²) < 4.78 is 24.4. The molecule has 110 valence electrons. The van der Waals surface area contributed by atoms with E-state index in [0.717, 1.165) is 0 Å². The molecule has 0 unspecified atom stereocenters. The van der Waals surface area contributed by atoms with Gasteiger partial charge in [0.15, 0.2) is 11.6 Å². The van der Waals surface area contributed by atoms with Gasteiger partial charge in [0.2, 0.25) is 0 Å². The van der Waals surface area contributed by atoms with Crippen LogP contribution in [0.1, 0.15) is 27.2 Å². The molecule has 1 fully saturated rings. The molecule has 1 amide bonds. The average molecular weight is 281 g/mol. The molecule has 1 aromatic carbocycles. The van der Waals surface area contributed by atoms with Crippen LogP contribution in [0.4, 0.5) is 9.18 Å². The molecule has 4 nitrogen and oxygen atoms in total. The Morgan fingerprint density at radius 1 is 1.35 bits per heavy atom. The van der Waals surface area contributed by atoms with Crippen molar-refractivity contribution in [3.05, 3.63) is 30.1 Å². The lowest BCUT2D eigenvalue weighted by atomic mass is 10.2. The maximum atomic E-state index is 13.5. The standard InChI is InChI=1S/C15H20FNO3/c1-15(2,3)20-14(18)17-9-8-11(10-17)19-13-7-5-4-6-12(13)16/h4-7,11H,8-10H2,1-3H3/t11-/m0/s1. The SMILES string of the molecule is CC(C)(C)OC(=O)N1CC[C@H](Oc2ccccc2F)C1. The number of ether oxygens (including phenoxy) is 2. The summed E-state index contributed by atoms with van der Waals surface area (Å²) >= 11 is 0. The van der Waals surface area contributed by atoms with Gasteiger partial charge in [-0.3, -0.25) is 0 Å². The molecule has 5 heteroatoms. The third-order valence-electron chi connectivity index (χ3n) is 2.93. The van der Waals surface area contributed by atoms with Crippen LogP contribution in [0.2, 0.25) is 0 Å². The van der Waals surface area contributed by atoms with Gasteiger partial charge in [-0.1, -0.05) is 12.1 Å². The molecule has 0 bridgehead atoms. The maximum Gasteiger partial charge on any atom is 0.410 e. The van der Waals surface area contributed by atoms with Gasteiger partial charge in [0.25, 0.3) is 0 Å². The van der Waals surface area contributed by atoms with Crippen molar-refractivity contribution in [2.75, 3.05) is 13.1 Å². The van der Waals surface area contributed by atoms with Crippen LogP contribution < -0.4 is 4.74 Å². The van der Waals surface area contributed by atoms with E-state index in [1.807, 2.05) is 20.8 Å². The highest BCUT2D eigenvalue weighted by atomic mass is 19.1. The van der Waals surface area contributed by atoms with Crippen LogP contribution >= 0.6 is 0 Å². The minimum absolute atomic E-state index is 0.195. The summed E-state index contributed by atoms with van der Waals surface area (Å²) in [5, 5.41) is 0. The van der Waals surface area contributed by atoms with Gasteiger partial charge < -0.3 is 14.4 Å². The highest BCUT2D eigenvalue weighted by molar-refractivity contribution is 5.68. The van der Waals surface area contributed by atoms with E-state index in [2.05, 4.69) is 0 Å².